The molecule has 1 heterocycles. The van der Waals surface area contributed by atoms with Gasteiger partial charge in [-0.15, -0.1) is 0 Å². The molecule has 0 aliphatic carbocycles. The number of piperazine rings is 1. The standard InChI is InChI=1S/C8H18N2O4S/c1-15(13,14)10-4-2-9(3-5-10)6-8(12)7-11/h8,11-12H,2-7H2,1H3. The van der Waals surface area contributed by atoms with Crippen LogP contribution < -0.4 is 0 Å². The molecule has 0 amide bonds. The summed E-state index contributed by atoms with van der Waals surface area (Å²) in [6, 6.07) is 0. The SMILES string of the molecule is CS(=O)(=O)N1CCN(CC(O)CO)CC1. The molecule has 7 heteroatoms. The Bertz CT molecular complexity index is 285. The second-order valence-corrected chi connectivity index (χ2v) is 5.78. The number of β-amino-alcohol motifs (C(OH)–C–C–N with tert-alkyl or cyclic N) is 1. The molecular formula is C8H18N2O4S. The lowest BCUT2D eigenvalue weighted by atomic mass is 10.3. The molecule has 0 saturated carbocycles. The maximum absolute atomic E-state index is 11.2. The highest BCUT2D eigenvalue weighted by molar-refractivity contribution is 7.88. The Hall–Kier alpha value is -0.210. The van der Waals surface area contributed by atoms with E-state index in [0.717, 1.165) is 0 Å². The second-order valence-electron chi connectivity index (χ2n) is 3.80. The third kappa shape index (κ3) is 4.04. The summed E-state index contributed by atoms with van der Waals surface area (Å²) in [6.07, 6.45) is 0.459. The lowest BCUT2D eigenvalue weighted by molar-refractivity contribution is 0.0491. The molecule has 0 aromatic carbocycles. The first-order valence-electron chi connectivity index (χ1n) is 4.90. The highest BCUT2D eigenvalue weighted by Crippen LogP contribution is 2.06. The summed E-state index contributed by atoms with van der Waals surface area (Å²) in [5.74, 6) is 0. The van der Waals surface area contributed by atoms with Crippen LogP contribution in [0.2, 0.25) is 0 Å². The van der Waals surface area contributed by atoms with Gasteiger partial charge >= 0.3 is 0 Å². The molecule has 0 spiro atoms. The molecule has 0 bridgehead atoms. The molecule has 0 aromatic heterocycles. The molecule has 1 atom stereocenters. The quantitative estimate of drug-likeness (QED) is 0.587. The number of aliphatic hydroxyl groups is 2. The van der Waals surface area contributed by atoms with Gasteiger partial charge in [-0.1, -0.05) is 0 Å². The van der Waals surface area contributed by atoms with Crippen LogP contribution in [0.3, 0.4) is 0 Å². The van der Waals surface area contributed by atoms with Gasteiger partial charge in [-0.2, -0.15) is 4.31 Å². The van der Waals surface area contributed by atoms with Crippen molar-refractivity contribution in [3.05, 3.63) is 0 Å². The van der Waals surface area contributed by atoms with E-state index in [9.17, 15) is 13.5 Å². The van der Waals surface area contributed by atoms with E-state index >= 15 is 0 Å². The molecule has 15 heavy (non-hydrogen) atoms. The number of nitrogens with zero attached hydrogens (tertiary/aromatic N) is 2. The maximum atomic E-state index is 11.2. The Balaban J connectivity index is 2.36. The van der Waals surface area contributed by atoms with Gasteiger partial charge in [-0.25, -0.2) is 8.42 Å². The van der Waals surface area contributed by atoms with Crippen molar-refractivity contribution in [2.75, 3.05) is 45.6 Å². The fourth-order valence-corrected chi connectivity index (χ4v) is 2.43. The van der Waals surface area contributed by atoms with E-state index in [1.54, 1.807) is 0 Å². The van der Waals surface area contributed by atoms with Crippen molar-refractivity contribution < 1.29 is 18.6 Å². The van der Waals surface area contributed by atoms with Crippen molar-refractivity contribution in [1.82, 2.24) is 9.21 Å². The van der Waals surface area contributed by atoms with Crippen LogP contribution in [0.15, 0.2) is 0 Å². The van der Waals surface area contributed by atoms with Crippen LogP contribution in [0.25, 0.3) is 0 Å². The number of sulfonamides is 1. The highest BCUT2D eigenvalue weighted by atomic mass is 32.2. The number of hydrogen-bond donors (Lipinski definition) is 2. The van der Waals surface area contributed by atoms with Gasteiger partial charge < -0.3 is 10.2 Å². The topological polar surface area (TPSA) is 81.1 Å². The Morgan fingerprint density at radius 3 is 2.20 bits per heavy atom. The van der Waals surface area contributed by atoms with Crippen molar-refractivity contribution in [3.8, 4) is 0 Å². The zero-order valence-corrected chi connectivity index (χ0v) is 9.65. The predicted octanol–water partition coefficient (Wildman–Crippen LogP) is -2.08. The van der Waals surface area contributed by atoms with Gasteiger partial charge in [0.25, 0.3) is 0 Å². The van der Waals surface area contributed by atoms with Crippen molar-refractivity contribution in [2.45, 2.75) is 6.10 Å². The Morgan fingerprint density at radius 1 is 1.27 bits per heavy atom. The Kier molecular flexibility index (Phi) is 4.47. The normalized spacial score (nSPS) is 22.9. The molecule has 1 rings (SSSR count). The van der Waals surface area contributed by atoms with E-state index in [0.29, 0.717) is 32.7 Å². The molecule has 90 valence electrons. The van der Waals surface area contributed by atoms with Gasteiger partial charge in [0, 0.05) is 32.7 Å². The van der Waals surface area contributed by atoms with Crippen molar-refractivity contribution in [3.63, 3.8) is 0 Å². The summed E-state index contributed by atoms with van der Waals surface area (Å²) < 4.78 is 23.8. The van der Waals surface area contributed by atoms with Crippen LogP contribution in [-0.4, -0.2) is 79.5 Å². The molecule has 1 aliphatic rings. The van der Waals surface area contributed by atoms with Crippen LogP contribution in [0.1, 0.15) is 0 Å². The third-order valence-corrected chi connectivity index (χ3v) is 3.78. The number of aliphatic hydroxyl groups excluding tert-OH is 2. The zero-order valence-electron chi connectivity index (χ0n) is 8.83. The molecule has 1 fully saturated rings. The first kappa shape index (κ1) is 12.9. The predicted molar refractivity (Wildman–Crippen MR) is 55.9 cm³/mol. The molecule has 0 aromatic rings. The maximum Gasteiger partial charge on any atom is 0.211 e. The minimum Gasteiger partial charge on any atom is -0.394 e. The van der Waals surface area contributed by atoms with Gasteiger partial charge in [0.2, 0.25) is 10.0 Å². The van der Waals surface area contributed by atoms with Crippen LogP contribution in [0.4, 0.5) is 0 Å². The van der Waals surface area contributed by atoms with E-state index in [1.165, 1.54) is 10.6 Å². The number of rotatable bonds is 4. The fourth-order valence-electron chi connectivity index (χ4n) is 1.60. The lowest BCUT2D eigenvalue weighted by Gasteiger charge is -2.33. The average molecular weight is 238 g/mol. The van der Waals surface area contributed by atoms with Gasteiger partial charge in [-0.3, -0.25) is 4.90 Å². The summed E-state index contributed by atoms with van der Waals surface area (Å²) in [6.45, 7) is 2.25. The Labute approximate surface area is 90.2 Å². The Morgan fingerprint density at radius 2 is 1.80 bits per heavy atom. The van der Waals surface area contributed by atoms with Crippen molar-refractivity contribution in [1.29, 1.82) is 0 Å². The molecule has 0 radical (unpaired) electrons. The highest BCUT2D eigenvalue weighted by Gasteiger charge is 2.24. The monoisotopic (exact) mass is 238 g/mol. The van der Waals surface area contributed by atoms with Crippen LogP contribution >= 0.6 is 0 Å². The molecule has 1 saturated heterocycles. The zero-order chi connectivity index (χ0) is 11.5. The second kappa shape index (κ2) is 5.22. The summed E-state index contributed by atoms with van der Waals surface area (Å²) in [7, 11) is -3.09. The first-order valence-corrected chi connectivity index (χ1v) is 6.74. The van der Waals surface area contributed by atoms with E-state index in [1.807, 2.05) is 4.90 Å². The minimum absolute atomic E-state index is 0.258. The van der Waals surface area contributed by atoms with E-state index in [-0.39, 0.29) is 6.61 Å². The molecule has 2 N–H and O–H groups in total. The largest absolute Gasteiger partial charge is 0.394 e. The molecule has 1 aliphatic heterocycles. The lowest BCUT2D eigenvalue weighted by Crippen LogP contribution is -2.50. The fraction of sp³-hybridized carbons (Fsp3) is 1.00. The summed E-state index contributed by atoms with van der Waals surface area (Å²) in [5, 5.41) is 17.9. The van der Waals surface area contributed by atoms with E-state index < -0.39 is 16.1 Å². The summed E-state index contributed by atoms with van der Waals surface area (Å²) in [4.78, 5) is 1.95. The molecule has 6 nitrogen and oxygen atoms in total. The van der Waals surface area contributed by atoms with Crippen molar-refractivity contribution >= 4 is 10.0 Å². The van der Waals surface area contributed by atoms with Crippen LogP contribution in [0.5, 0.6) is 0 Å². The molecular weight excluding hydrogens is 220 g/mol. The van der Waals surface area contributed by atoms with E-state index in [4.69, 9.17) is 5.11 Å². The van der Waals surface area contributed by atoms with E-state index in [2.05, 4.69) is 0 Å². The minimum atomic E-state index is -3.09. The van der Waals surface area contributed by atoms with Gasteiger partial charge in [0.1, 0.15) is 0 Å². The average Bonchev–Trinajstić information content (AvgIpc) is 2.17. The van der Waals surface area contributed by atoms with Crippen LogP contribution in [-0.2, 0) is 10.0 Å². The summed E-state index contributed by atoms with van der Waals surface area (Å²) >= 11 is 0. The summed E-state index contributed by atoms with van der Waals surface area (Å²) in [5.41, 5.74) is 0. The van der Waals surface area contributed by atoms with Gasteiger partial charge in [0.15, 0.2) is 0 Å². The van der Waals surface area contributed by atoms with Crippen molar-refractivity contribution in [2.24, 2.45) is 0 Å². The first-order chi connectivity index (χ1) is 6.93. The van der Waals surface area contributed by atoms with Gasteiger partial charge in [0.05, 0.1) is 19.0 Å². The molecule has 1 unspecified atom stereocenters. The third-order valence-electron chi connectivity index (χ3n) is 2.48. The number of hydrogen-bond acceptors (Lipinski definition) is 5. The van der Waals surface area contributed by atoms with Gasteiger partial charge in [-0.05, 0) is 0 Å². The van der Waals surface area contributed by atoms with Crippen LogP contribution in [0, 0.1) is 0 Å². The smallest absolute Gasteiger partial charge is 0.211 e.